The van der Waals surface area contributed by atoms with Crippen LogP contribution < -0.4 is 9.80 Å². The Morgan fingerprint density at radius 2 is 0.875 bits per heavy atom. The fraction of sp³-hybridized carbons (Fsp3) is 0.0392. The first-order valence-electron chi connectivity index (χ1n) is 19.0. The first-order chi connectivity index (χ1) is 27.6. The highest BCUT2D eigenvalue weighted by atomic mass is 16.3. The van der Waals surface area contributed by atoms with Gasteiger partial charge in [0.15, 0.2) is 5.58 Å². The van der Waals surface area contributed by atoms with Gasteiger partial charge in [0.25, 0.3) is 0 Å². The maximum absolute atomic E-state index is 6.25. The van der Waals surface area contributed by atoms with Crippen molar-refractivity contribution in [3.63, 3.8) is 0 Å². The van der Waals surface area contributed by atoms with Crippen molar-refractivity contribution in [2.45, 2.75) is 13.8 Å². The van der Waals surface area contributed by atoms with Gasteiger partial charge >= 0.3 is 0 Å². The van der Waals surface area contributed by atoms with Crippen LogP contribution in [0.5, 0.6) is 0 Å². The van der Waals surface area contributed by atoms with Crippen molar-refractivity contribution >= 4 is 67.0 Å². The molecule has 0 saturated carbocycles. The van der Waals surface area contributed by atoms with E-state index in [2.05, 4.69) is 198 Å². The lowest BCUT2D eigenvalue weighted by Crippen LogP contribution is -2.09. The van der Waals surface area contributed by atoms with Crippen molar-refractivity contribution < 1.29 is 4.42 Å². The molecule has 0 amide bonds. The fourth-order valence-electron chi connectivity index (χ4n) is 8.01. The van der Waals surface area contributed by atoms with Gasteiger partial charge in [0.1, 0.15) is 5.52 Å². The average molecular weight is 723 g/mol. The first kappa shape index (κ1) is 33.2. The standard InChI is InChI=1S/C51H38N4O/c1-35-36(2)47(32-29-43(35)51-52-46-25-15-16-26-50(46)56-51)55-48-30-27-41(53(37-17-7-3-8-18-37)38-19-9-4-10-20-38)33-44(48)45-34-42(28-31-49(45)55)54(39-21-11-5-12-22-39)40-23-13-6-14-24-40/h3-34H,1-2H3. The van der Waals surface area contributed by atoms with Crippen molar-refractivity contribution in [2.75, 3.05) is 9.80 Å². The van der Waals surface area contributed by atoms with Gasteiger partial charge in [0.05, 0.1) is 11.0 Å². The highest BCUT2D eigenvalue weighted by Crippen LogP contribution is 2.43. The van der Waals surface area contributed by atoms with Crippen LogP contribution in [0.1, 0.15) is 11.1 Å². The summed E-state index contributed by atoms with van der Waals surface area (Å²) in [6.07, 6.45) is 0. The lowest BCUT2D eigenvalue weighted by atomic mass is 10.0. The number of anilines is 6. The molecule has 0 aliphatic carbocycles. The van der Waals surface area contributed by atoms with E-state index in [1.165, 1.54) is 5.56 Å². The molecule has 0 saturated heterocycles. The second-order valence-corrected chi connectivity index (χ2v) is 14.1. The van der Waals surface area contributed by atoms with Crippen molar-refractivity contribution in [3.05, 3.63) is 205 Å². The van der Waals surface area contributed by atoms with Crippen LogP contribution in [0.25, 0.3) is 50.0 Å². The molecular weight excluding hydrogens is 685 g/mol. The molecule has 0 bridgehead atoms. The number of para-hydroxylation sites is 6. The van der Waals surface area contributed by atoms with Crippen LogP contribution in [-0.2, 0) is 0 Å². The number of oxazole rings is 1. The van der Waals surface area contributed by atoms with Crippen LogP contribution in [0.4, 0.5) is 34.1 Å². The van der Waals surface area contributed by atoms with E-state index >= 15 is 0 Å². The number of rotatable bonds is 8. The van der Waals surface area contributed by atoms with E-state index in [4.69, 9.17) is 9.40 Å². The van der Waals surface area contributed by atoms with Gasteiger partial charge in [-0.1, -0.05) is 84.9 Å². The SMILES string of the molecule is Cc1c(-c2nc3ccccc3o2)ccc(-n2c3ccc(N(c4ccccc4)c4ccccc4)cc3c3cc(N(c4ccccc4)c4ccccc4)ccc32)c1C. The number of hydrogen-bond donors (Lipinski definition) is 0. The van der Waals surface area contributed by atoms with Gasteiger partial charge in [0.2, 0.25) is 5.89 Å². The maximum atomic E-state index is 6.25. The normalized spacial score (nSPS) is 11.4. The van der Waals surface area contributed by atoms with Crippen LogP contribution >= 0.6 is 0 Å². The van der Waals surface area contributed by atoms with Crippen LogP contribution in [0.3, 0.4) is 0 Å². The van der Waals surface area contributed by atoms with E-state index in [0.29, 0.717) is 5.89 Å². The highest BCUT2D eigenvalue weighted by Gasteiger charge is 2.22. The average Bonchev–Trinajstić information content (AvgIpc) is 3.83. The summed E-state index contributed by atoms with van der Waals surface area (Å²) in [7, 11) is 0. The Kier molecular flexibility index (Phi) is 8.19. The van der Waals surface area contributed by atoms with Crippen LogP contribution in [0.2, 0.25) is 0 Å². The molecule has 10 rings (SSSR count). The molecule has 2 heterocycles. The van der Waals surface area contributed by atoms with Gasteiger partial charge in [-0.2, -0.15) is 0 Å². The minimum absolute atomic E-state index is 0.638. The quantitative estimate of drug-likeness (QED) is 0.156. The van der Waals surface area contributed by atoms with Crippen molar-refractivity contribution in [1.29, 1.82) is 0 Å². The van der Waals surface area contributed by atoms with Crippen molar-refractivity contribution in [2.24, 2.45) is 0 Å². The molecule has 56 heavy (non-hydrogen) atoms. The summed E-state index contributed by atoms with van der Waals surface area (Å²) in [6, 6.07) is 68.4. The molecule has 0 radical (unpaired) electrons. The van der Waals surface area contributed by atoms with E-state index in [0.717, 1.165) is 83.8 Å². The zero-order valence-corrected chi connectivity index (χ0v) is 31.2. The third-order valence-electron chi connectivity index (χ3n) is 10.8. The second kappa shape index (κ2) is 13.8. The summed E-state index contributed by atoms with van der Waals surface area (Å²) in [4.78, 5) is 9.51. The van der Waals surface area contributed by atoms with E-state index in [-0.39, 0.29) is 0 Å². The van der Waals surface area contributed by atoms with Gasteiger partial charge in [-0.15, -0.1) is 0 Å². The van der Waals surface area contributed by atoms with Crippen LogP contribution in [0, 0.1) is 13.8 Å². The largest absolute Gasteiger partial charge is 0.436 e. The Balaban J connectivity index is 1.21. The maximum Gasteiger partial charge on any atom is 0.227 e. The Morgan fingerprint density at radius 1 is 0.429 bits per heavy atom. The lowest BCUT2D eigenvalue weighted by molar-refractivity contribution is 0.619. The molecule has 10 aromatic rings. The van der Waals surface area contributed by atoms with Crippen molar-refractivity contribution in [1.82, 2.24) is 9.55 Å². The van der Waals surface area contributed by atoms with E-state index in [9.17, 15) is 0 Å². The molecule has 5 nitrogen and oxygen atoms in total. The summed E-state index contributed by atoms with van der Waals surface area (Å²) in [5.41, 5.74) is 14.9. The van der Waals surface area contributed by atoms with Gasteiger partial charge in [-0.25, -0.2) is 4.98 Å². The molecule has 0 spiro atoms. The molecule has 2 aromatic heterocycles. The molecule has 0 fully saturated rings. The smallest absolute Gasteiger partial charge is 0.227 e. The van der Waals surface area contributed by atoms with Gasteiger partial charge < -0.3 is 18.8 Å². The molecule has 268 valence electrons. The first-order valence-corrected chi connectivity index (χ1v) is 19.0. The predicted molar refractivity (Wildman–Crippen MR) is 233 cm³/mol. The molecule has 5 heteroatoms. The third-order valence-corrected chi connectivity index (χ3v) is 10.8. The van der Waals surface area contributed by atoms with Crippen LogP contribution in [-0.4, -0.2) is 9.55 Å². The molecule has 0 aliphatic rings. The topological polar surface area (TPSA) is 37.4 Å². The highest BCUT2D eigenvalue weighted by molar-refractivity contribution is 6.12. The minimum atomic E-state index is 0.638. The monoisotopic (exact) mass is 722 g/mol. The predicted octanol–water partition coefficient (Wildman–Crippen LogP) is 14.1. The molecule has 0 unspecified atom stereocenters. The Labute approximate surface area is 326 Å². The number of benzene rings is 8. The Bertz CT molecular complexity index is 2740. The van der Waals surface area contributed by atoms with E-state index in [1.807, 2.05) is 24.3 Å². The summed E-state index contributed by atoms with van der Waals surface area (Å²) >= 11 is 0. The Hall–Kier alpha value is -7.37. The summed E-state index contributed by atoms with van der Waals surface area (Å²) in [5.74, 6) is 0.638. The Morgan fingerprint density at radius 3 is 1.34 bits per heavy atom. The minimum Gasteiger partial charge on any atom is -0.436 e. The van der Waals surface area contributed by atoms with E-state index < -0.39 is 0 Å². The zero-order chi connectivity index (χ0) is 37.6. The fourth-order valence-corrected chi connectivity index (χ4v) is 8.01. The van der Waals surface area contributed by atoms with Gasteiger partial charge in [0, 0.05) is 56.1 Å². The molecule has 0 atom stereocenters. The molecular formula is C51H38N4O. The number of aromatic nitrogens is 2. The van der Waals surface area contributed by atoms with Crippen molar-refractivity contribution in [3.8, 4) is 17.1 Å². The molecule has 8 aromatic carbocycles. The molecule has 0 aliphatic heterocycles. The van der Waals surface area contributed by atoms with Gasteiger partial charge in [-0.05, 0) is 134 Å². The molecule has 0 N–H and O–H groups in total. The van der Waals surface area contributed by atoms with Crippen LogP contribution in [0.15, 0.2) is 199 Å². The third kappa shape index (κ3) is 5.69. The zero-order valence-electron chi connectivity index (χ0n) is 31.2. The summed E-state index contributed by atoms with van der Waals surface area (Å²) < 4.78 is 8.67. The van der Waals surface area contributed by atoms with E-state index in [1.54, 1.807) is 0 Å². The number of hydrogen-bond acceptors (Lipinski definition) is 4. The number of nitrogens with zero attached hydrogens (tertiary/aromatic N) is 4. The van der Waals surface area contributed by atoms with Gasteiger partial charge in [-0.3, -0.25) is 0 Å². The summed E-state index contributed by atoms with van der Waals surface area (Å²) in [5, 5.41) is 2.33. The number of fused-ring (bicyclic) bond motifs is 4. The second-order valence-electron chi connectivity index (χ2n) is 14.1. The summed E-state index contributed by atoms with van der Waals surface area (Å²) in [6.45, 7) is 4.37. The lowest BCUT2D eigenvalue weighted by Gasteiger charge is -2.26.